The van der Waals surface area contributed by atoms with Gasteiger partial charge in [0.1, 0.15) is 5.88 Å². The molecule has 34 heavy (non-hydrogen) atoms. The number of carbonyl (C=O) groups excluding carboxylic acids is 1. The number of ether oxygens (including phenoxy) is 1. The van der Waals surface area contributed by atoms with Crippen molar-refractivity contribution in [1.82, 2.24) is 15.0 Å². The molecule has 2 aromatic rings. The summed E-state index contributed by atoms with van der Waals surface area (Å²) in [5.74, 6) is 1.14. The van der Waals surface area contributed by atoms with Crippen LogP contribution in [-0.4, -0.2) is 65.3 Å². The van der Waals surface area contributed by atoms with Crippen molar-refractivity contribution in [2.45, 2.75) is 65.2 Å². The summed E-state index contributed by atoms with van der Waals surface area (Å²) in [5, 5.41) is 6.97. The lowest BCUT2D eigenvalue weighted by atomic mass is 10.0. The second-order valence-electron chi connectivity index (χ2n) is 7.94. The number of amides is 1. The van der Waals surface area contributed by atoms with E-state index in [1.165, 1.54) is 11.8 Å². The predicted molar refractivity (Wildman–Crippen MR) is 145 cm³/mol. The van der Waals surface area contributed by atoms with E-state index < -0.39 is 0 Å². The predicted octanol–water partition coefficient (Wildman–Crippen LogP) is 5.01. The Morgan fingerprint density at radius 1 is 1.18 bits per heavy atom. The van der Waals surface area contributed by atoms with Crippen molar-refractivity contribution < 1.29 is 9.53 Å². The zero-order chi connectivity index (χ0) is 25.7. The van der Waals surface area contributed by atoms with Gasteiger partial charge in [-0.25, -0.2) is 0 Å². The molecule has 0 fully saturated rings. The van der Waals surface area contributed by atoms with E-state index in [4.69, 9.17) is 16.3 Å². The Morgan fingerprint density at radius 2 is 1.85 bits per heavy atom. The number of halogens is 1. The Kier molecular flexibility index (Phi) is 13.9. The van der Waals surface area contributed by atoms with Crippen molar-refractivity contribution in [2.24, 2.45) is 0 Å². The zero-order valence-electron chi connectivity index (χ0n) is 21.6. The van der Waals surface area contributed by atoms with Gasteiger partial charge in [0.2, 0.25) is 17.8 Å². The minimum atomic E-state index is -0.0878. The second-order valence-corrected chi connectivity index (χ2v) is 8.98. The summed E-state index contributed by atoms with van der Waals surface area (Å²) in [7, 11) is 1.64. The van der Waals surface area contributed by atoms with Gasteiger partial charge < -0.3 is 20.3 Å². The fraction of sp³-hybridized carbons (Fsp3) is 0.583. The highest BCUT2D eigenvalue weighted by atomic mass is 35.5. The molecule has 1 amide bonds. The summed E-state index contributed by atoms with van der Waals surface area (Å²) in [5.41, 5.74) is 3.21. The molecule has 1 atom stereocenters. The lowest BCUT2D eigenvalue weighted by molar-refractivity contribution is -0.116. The molecular formula is C24H39ClN6O2S. The van der Waals surface area contributed by atoms with Gasteiger partial charge in [0.05, 0.1) is 18.3 Å². The van der Waals surface area contributed by atoms with Crippen LogP contribution >= 0.6 is 23.4 Å². The van der Waals surface area contributed by atoms with E-state index in [0.29, 0.717) is 24.5 Å². The SMILES string of the molecule is CCNc1nc(NC(C)C)nc(SC)n1.CCc1cccc(C)c1N(C(=O)CCl)[C@@H](C)COC. The first-order valence-corrected chi connectivity index (χ1v) is 13.2. The molecule has 0 radical (unpaired) electrons. The van der Waals surface area contributed by atoms with Crippen LogP contribution in [0.4, 0.5) is 17.6 Å². The topological polar surface area (TPSA) is 92.3 Å². The van der Waals surface area contributed by atoms with Gasteiger partial charge in [-0.3, -0.25) is 4.79 Å². The second kappa shape index (κ2) is 15.7. The van der Waals surface area contributed by atoms with Gasteiger partial charge in [-0.1, -0.05) is 36.9 Å². The summed E-state index contributed by atoms with van der Waals surface area (Å²) in [4.78, 5) is 26.7. The van der Waals surface area contributed by atoms with E-state index >= 15 is 0 Å². The van der Waals surface area contributed by atoms with E-state index in [9.17, 15) is 4.79 Å². The highest BCUT2D eigenvalue weighted by Gasteiger charge is 2.24. The average molecular weight is 511 g/mol. The van der Waals surface area contributed by atoms with Crippen molar-refractivity contribution in [1.29, 1.82) is 0 Å². The zero-order valence-corrected chi connectivity index (χ0v) is 23.2. The Morgan fingerprint density at radius 3 is 2.38 bits per heavy atom. The molecule has 8 nitrogen and oxygen atoms in total. The number of nitrogens with zero attached hydrogens (tertiary/aromatic N) is 4. The van der Waals surface area contributed by atoms with Gasteiger partial charge in [0.15, 0.2) is 5.16 Å². The van der Waals surface area contributed by atoms with Gasteiger partial charge in [-0.15, -0.1) is 11.6 Å². The molecule has 0 bridgehead atoms. The summed E-state index contributed by atoms with van der Waals surface area (Å²) < 4.78 is 5.18. The average Bonchev–Trinajstić information content (AvgIpc) is 2.80. The number of aromatic nitrogens is 3. The van der Waals surface area contributed by atoms with E-state index in [2.05, 4.69) is 52.4 Å². The molecule has 2 rings (SSSR count). The Labute approximate surface area is 213 Å². The van der Waals surface area contributed by atoms with Crippen LogP contribution in [0, 0.1) is 6.92 Å². The molecule has 190 valence electrons. The highest BCUT2D eigenvalue weighted by molar-refractivity contribution is 7.98. The standard InChI is InChI=1S/C15H22ClNO2.C9H17N5S/c1-5-13-8-6-7-11(2)15(13)17(14(18)9-16)12(3)10-19-4;1-5-10-7-12-8(11-6(2)3)14-9(13-7)15-4/h6-8,12H,5,9-10H2,1-4H3;6H,5H2,1-4H3,(H2,10,11,12,13,14)/t12-;/m0./s1. The number of nitrogens with one attached hydrogen (secondary N) is 2. The third-order valence-electron chi connectivity index (χ3n) is 4.72. The molecule has 0 aliphatic heterocycles. The Bertz CT molecular complexity index is 900. The molecule has 0 saturated carbocycles. The number of hydrogen-bond donors (Lipinski definition) is 2. The molecule has 10 heteroatoms. The number of rotatable bonds is 11. The number of hydrogen-bond acceptors (Lipinski definition) is 8. The summed E-state index contributed by atoms with van der Waals surface area (Å²) in [6.45, 7) is 13.5. The molecule has 2 N–H and O–H groups in total. The minimum absolute atomic E-state index is 0.0223. The first-order valence-electron chi connectivity index (χ1n) is 11.5. The number of thioether (sulfide) groups is 1. The quantitative estimate of drug-likeness (QED) is 0.322. The number of aryl methyl sites for hydroxylation is 2. The van der Waals surface area contributed by atoms with E-state index in [-0.39, 0.29) is 17.8 Å². The summed E-state index contributed by atoms with van der Waals surface area (Å²) in [6, 6.07) is 6.36. The smallest absolute Gasteiger partial charge is 0.242 e. The Balaban J connectivity index is 0.000000350. The largest absolute Gasteiger partial charge is 0.383 e. The van der Waals surface area contributed by atoms with Gasteiger partial charge in [-0.05, 0) is 58.4 Å². The van der Waals surface area contributed by atoms with Gasteiger partial charge in [-0.2, -0.15) is 15.0 Å². The molecule has 0 spiro atoms. The van der Waals surface area contributed by atoms with Crippen molar-refractivity contribution in [3.63, 3.8) is 0 Å². The van der Waals surface area contributed by atoms with Crippen molar-refractivity contribution in [3.8, 4) is 0 Å². The maximum atomic E-state index is 12.2. The van der Waals surface area contributed by atoms with E-state index in [1.807, 2.05) is 39.2 Å². The number of benzene rings is 1. The maximum Gasteiger partial charge on any atom is 0.242 e. The van der Waals surface area contributed by atoms with Crippen LogP contribution in [0.2, 0.25) is 0 Å². The summed E-state index contributed by atoms with van der Waals surface area (Å²) in [6.07, 6.45) is 2.83. The molecule has 0 saturated heterocycles. The van der Waals surface area contributed by atoms with Crippen molar-refractivity contribution in [2.75, 3.05) is 47.9 Å². The highest BCUT2D eigenvalue weighted by Crippen LogP contribution is 2.28. The third kappa shape index (κ3) is 9.27. The van der Waals surface area contributed by atoms with Crippen LogP contribution in [0.1, 0.15) is 45.7 Å². The minimum Gasteiger partial charge on any atom is -0.383 e. The fourth-order valence-corrected chi connectivity index (χ4v) is 3.81. The van der Waals surface area contributed by atoms with Crippen LogP contribution in [0.25, 0.3) is 0 Å². The third-order valence-corrected chi connectivity index (χ3v) is 5.50. The molecule has 1 aromatic carbocycles. The van der Waals surface area contributed by atoms with E-state index in [1.54, 1.807) is 12.0 Å². The van der Waals surface area contributed by atoms with Crippen LogP contribution < -0.4 is 15.5 Å². The summed E-state index contributed by atoms with van der Waals surface area (Å²) >= 11 is 7.26. The lowest BCUT2D eigenvalue weighted by Crippen LogP contribution is -2.43. The normalized spacial score (nSPS) is 11.5. The van der Waals surface area contributed by atoms with Crippen LogP contribution in [0.5, 0.6) is 0 Å². The van der Waals surface area contributed by atoms with E-state index in [0.717, 1.165) is 34.9 Å². The molecular weight excluding hydrogens is 472 g/mol. The monoisotopic (exact) mass is 510 g/mol. The number of anilines is 3. The molecule has 1 aromatic heterocycles. The van der Waals surface area contributed by atoms with Gasteiger partial charge in [0, 0.05) is 19.7 Å². The van der Waals surface area contributed by atoms with Crippen LogP contribution in [0.15, 0.2) is 23.4 Å². The number of carbonyl (C=O) groups is 1. The molecule has 1 heterocycles. The first kappa shape index (κ1) is 29.9. The van der Waals surface area contributed by atoms with Crippen LogP contribution in [-0.2, 0) is 16.0 Å². The van der Waals surface area contributed by atoms with Crippen LogP contribution in [0.3, 0.4) is 0 Å². The van der Waals surface area contributed by atoms with Gasteiger partial charge in [0.25, 0.3) is 0 Å². The molecule has 0 unspecified atom stereocenters. The number of alkyl halides is 1. The fourth-order valence-electron chi connectivity index (χ4n) is 3.33. The number of para-hydroxylation sites is 1. The number of methoxy groups -OCH3 is 1. The molecule has 0 aliphatic carbocycles. The van der Waals surface area contributed by atoms with Crippen molar-refractivity contribution >= 4 is 46.9 Å². The van der Waals surface area contributed by atoms with Gasteiger partial charge >= 0.3 is 0 Å². The Hall–Kier alpha value is -2.10. The maximum absolute atomic E-state index is 12.2. The lowest BCUT2D eigenvalue weighted by Gasteiger charge is -2.31. The van der Waals surface area contributed by atoms with Crippen molar-refractivity contribution in [3.05, 3.63) is 29.3 Å². The first-order chi connectivity index (χ1) is 16.2. The molecule has 0 aliphatic rings.